The van der Waals surface area contributed by atoms with Crippen LogP contribution >= 0.6 is 0 Å². The Morgan fingerprint density at radius 2 is 0.909 bits per heavy atom. The molecule has 0 aromatic rings. The molecule has 0 heterocycles. The molecule has 12 fully saturated rings. The molecule has 0 amide bonds. The first kappa shape index (κ1) is 24.6. The lowest BCUT2D eigenvalue weighted by Gasteiger charge is -2.52. The van der Waals surface area contributed by atoms with Gasteiger partial charge in [-0.25, -0.2) is 0 Å². The lowest BCUT2D eigenvalue weighted by Crippen LogP contribution is -2.48. The summed E-state index contributed by atoms with van der Waals surface area (Å²) in [5.41, 5.74) is 0.596. The van der Waals surface area contributed by atoms with Crippen LogP contribution in [-0.2, 0) is 0 Å². The third-order valence-corrected chi connectivity index (χ3v) is 21.8. The van der Waals surface area contributed by atoms with Crippen molar-refractivity contribution in [2.45, 2.75) is 84.5 Å². The van der Waals surface area contributed by atoms with Gasteiger partial charge in [0.15, 0.2) is 0 Å². The van der Waals surface area contributed by atoms with E-state index in [0.717, 1.165) is 88.8 Å². The Kier molecular flexibility index (Phi) is 4.21. The van der Waals surface area contributed by atoms with Crippen LogP contribution < -0.4 is 0 Å². The van der Waals surface area contributed by atoms with E-state index in [1.807, 2.05) is 0 Å². The van der Waals surface area contributed by atoms with Gasteiger partial charge in [0.05, 0.1) is 0 Å². The molecule has 44 heavy (non-hydrogen) atoms. The molecule has 0 radical (unpaired) electrons. The number of hydrogen-bond acceptors (Lipinski definition) is 0. The van der Waals surface area contributed by atoms with Gasteiger partial charge in [0.1, 0.15) is 0 Å². The molecule has 0 aromatic heterocycles. The average molecular weight is 587 g/mol. The Hall–Kier alpha value is -0.520. The van der Waals surface area contributed by atoms with Crippen molar-refractivity contribution < 1.29 is 0 Å². The molecule has 14 rings (SSSR count). The third kappa shape index (κ3) is 2.45. The van der Waals surface area contributed by atoms with E-state index >= 15 is 0 Å². The first-order valence-electron chi connectivity index (χ1n) is 20.9. The van der Waals surface area contributed by atoms with E-state index < -0.39 is 0 Å². The Labute approximate surface area is 267 Å². The van der Waals surface area contributed by atoms with Crippen molar-refractivity contribution in [3.8, 4) is 0 Å². The highest BCUT2D eigenvalue weighted by Crippen LogP contribution is 2.82. The third-order valence-electron chi connectivity index (χ3n) is 21.8. The second-order valence-corrected chi connectivity index (χ2v) is 22.0. The van der Waals surface area contributed by atoms with E-state index in [9.17, 15) is 0 Å². The maximum atomic E-state index is 2.83. The van der Waals surface area contributed by atoms with Gasteiger partial charge in [0.25, 0.3) is 0 Å². The summed E-state index contributed by atoms with van der Waals surface area (Å²) in [6, 6.07) is 0. The molecule has 26 unspecified atom stereocenters. The van der Waals surface area contributed by atoms with Gasteiger partial charge in [-0.15, -0.1) is 0 Å². The second kappa shape index (κ2) is 7.54. The number of hydrogen-bond donors (Lipinski definition) is 0. The Morgan fingerprint density at radius 3 is 1.55 bits per heavy atom. The van der Waals surface area contributed by atoms with E-state index in [1.165, 1.54) is 77.9 Å². The molecule has 12 bridgehead atoms. The van der Waals surface area contributed by atoms with Crippen LogP contribution in [0, 0.1) is 159 Å². The zero-order valence-electron chi connectivity index (χ0n) is 27.6. The summed E-state index contributed by atoms with van der Waals surface area (Å²) in [6.45, 7) is 5.66. The molecule has 0 saturated heterocycles. The summed E-state index contributed by atoms with van der Waals surface area (Å²) in [6.07, 6.45) is 28.5. The highest BCUT2D eigenvalue weighted by molar-refractivity contribution is 5.27. The van der Waals surface area contributed by atoms with Crippen LogP contribution in [0.2, 0.25) is 0 Å². The highest BCUT2D eigenvalue weighted by atomic mass is 14.8. The van der Waals surface area contributed by atoms with E-state index in [-0.39, 0.29) is 0 Å². The van der Waals surface area contributed by atoms with Crippen LogP contribution in [0.1, 0.15) is 84.5 Å². The van der Waals surface area contributed by atoms with E-state index in [4.69, 9.17) is 0 Å². The van der Waals surface area contributed by atoms with Crippen molar-refractivity contribution in [3.05, 3.63) is 24.3 Å². The standard InChI is InChI=1S/C44H58/c1-44(2,35-12-19-11-30(35)43-34-16-32(37(19)43)40-27-14-29(42(34)40)24-8-4-6-22(24)27)17-20-9-18-10-25(20)38-33-15-31(36(18)38)39-26-13-28(41(33)39)23-7-3-5-21(23)26/h3-4,7-8,18-43H,5-6,9-17H2,1-2H3. The molecule has 14 aliphatic rings. The summed E-state index contributed by atoms with van der Waals surface area (Å²) in [7, 11) is 0. The molecule has 0 N–H and O–H groups in total. The normalized spacial score (nSPS) is 72.2. The summed E-state index contributed by atoms with van der Waals surface area (Å²) < 4.78 is 0. The first-order chi connectivity index (χ1) is 21.5. The number of rotatable bonds is 3. The maximum Gasteiger partial charge on any atom is -0.0168 e. The Balaban J connectivity index is 0.724. The summed E-state index contributed by atoms with van der Waals surface area (Å²) in [5.74, 6) is 29.6. The van der Waals surface area contributed by atoms with Crippen LogP contribution in [0.15, 0.2) is 24.3 Å². The average Bonchev–Trinajstić information content (AvgIpc) is 3.83. The topological polar surface area (TPSA) is 0 Å². The predicted octanol–water partition coefficient (Wildman–Crippen LogP) is 9.63. The number of fused-ring (bicyclic) bond motifs is 38. The fourth-order valence-electron chi connectivity index (χ4n) is 22.2. The van der Waals surface area contributed by atoms with Gasteiger partial charge in [-0.3, -0.25) is 0 Å². The first-order valence-corrected chi connectivity index (χ1v) is 20.9. The van der Waals surface area contributed by atoms with Crippen molar-refractivity contribution in [1.29, 1.82) is 0 Å². The monoisotopic (exact) mass is 586 g/mol. The molecule has 14 aliphatic carbocycles. The van der Waals surface area contributed by atoms with Crippen molar-refractivity contribution in [3.63, 3.8) is 0 Å². The van der Waals surface area contributed by atoms with Crippen molar-refractivity contribution in [2.24, 2.45) is 159 Å². The van der Waals surface area contributed by atoms with Gasteiger partial charge in [0, 0.05) is 0 Å². The summed E-state index contributed by atoms with van der Waals surface area (Å²) in [5, 5.41) is 0. The van der Waals surface area contributed by atoms with Crippen LogP contribution in [-0.4, -0.2) is 0 Å². The Morgan fingerprint density at radius 1 is 0.432 bits per heavy atom. The minimum Gasteiger partial charge on any atom is -0.0879 e. The van der Waals surface area contributed by atoms with Crippen LogP contribution in [0.3, 0.4) is 0 Å². The smallest absolute Gasteiger partial charge is 0.0168 e. The van der Waals surface area contributed by atoms with Gasteiger partial charge in [-0.1, -0.05) is 38.2 Å². The SMILES string of the molecule is CC(C)(CC1CC2CC1C1C3CC(C21)C1C2CC(C4C=CCC42)C31)C1CC2CC1C1C3CC(C21)C1C2CC(C4C=CCC42)C31. The van der Waals surface area contributed by atoms with Crippen molar-refractivity contribution >= 4 is 0 Å². The molecule has 0 heteroatoms. The zero-order valence-corrected chi connectivity index (χ0v) is 27.6. The quantitative estimate of drug-likeness (QED) is 0.228. The fraction of sp³-hybridized carbons (Fsp3) is 0.909. The zero-order chi connectivity index (χ0) is 28.1. The lowest BCUT2D eigenvalue weighted by atomic mass is 9.52. The highest BCUT2D eigenvalue weighted by Gasteiger charge is 2.76. The van der Waals surface area contributed by atoms with Gasteiger partial charge in [-0.05, 0) is 230 Å². The van der Waals surface area contributed by atoms with E-state index in [0.29, 0.717) is 5.41 Å². The fourth-order valence-corrected chi connectivity index (χ4v) is 22.2. The van der Waals surface area contributed by atoms with Crippen LogP contribution in [0.25, 0.3) is 0 Å². The van der Waals surface area contributed by atoms with Gasteiger partial charge < -0.3 is 0 Å². The van der Waals surface area contributed by atoms with Crippen LogP contribution in [0.4, 0.5) is 0 Å². The lowest BCUT2D eigenvalue weighted by molar-refractivity contribution is -0.0465. The molecule has 0 aromatic carbocycles. The molecule has 0 aliphatic heterocycles. The minimum absolute atomic E-state index is 0.596. The van der Waals surface area contributed by atoms with Crippen LogP contribution in [0.5, 0.6) is 0 Å². The van der Waals surface area contributed by atoms with Crippen molar-refractivity contribution in [2.75, 3.05) is 0 Å². The molecular weight excluding hydrogens is 528 g/mol. The number of allylic oxidation sites excluding steroid dienone is 4. The molecule has 0 spiro atoms. The molecule has 234 valence electrons. The minimum atomic E-state index is 0.596. The molecular formula is C44H58. The van der Waals surface area contributed by atoms with Crippen molar-refractivity contribution in [1.82, 2.24) is 0 Å². The van der Waals surface area contributed by atoms with Gasteiger partial charge in [0.2, 0.25) is 0 Å². The maximum absolute atomic E-state index is 2.83. The summed E-state index contributed by atoms with van der Waals surface area (Å²) in [4.78, 5) is 0. The van der Waals surface area contributed by atoms with Gasteiger partial charge >= 0.3 is 0 Å². The Bertz CT molecular complexity index is 1400. The van der Waals surface area contributed by atoms with Gasteiger partial charge in [-0.2, -0.15) is 0 Å². The van der Waals surface area contributed by atoms with E-state index in [2.05, 4.69) is 38.2 Å². The largest absolute Gasteiger partial charge is 0.0879 e. The molecule has 26 atom stereocenters. The summed E-state index contributed by atoms with van der Waals surface area (Å²) >= 11 is 0. The van der Waals surface area contributed by atoms with E-state index in [1.54, 1.807) is 57.8 Å². The molecule has 12 saturated carbocycles. The molecule has 0 nitrogen and oxygen atoms in total. The predicted molar refractivity (Wildman–Crippen MR) is 174 cm³/mol. The second-order valence-electron chi connectivity index (χ2n) is 22.0.